The normalized spacial score (nSPS) is 20.0. The van der Waals surface area contributed by atoms with E-state index in [1.165, 1.54) is 38.5 Å². The molecule has 1 aromatic heterocycles. The van der Waals surface area contributed by atoms with E-state index in [0.717, 1.165) is 43.5 Å². The molecule has 0 bridgehead atoms. The van der Waals surface area contributed by atoms with E-state index in [-0.39, 0.29) is 0 Å². The predicted octanol–water partition coefficient (Wildman–Crippen LogP) is 2.08. The van der Waals surface area contributed by atoms with Gasteiger partial charge in [0.15, 0.2) is 5.96 Å². The van der Waals surface area contributed by atoms with Crippen LogP contribution < -0.4 is 10.6 Å². The predicted molar refractivity (Wildman–Crippen MR) is 93.6 cm³/mol. The van der Waals surface area contributed by atoms with Crippen molar-refractivity contribution in [2.45, 2.75) is 52.0 Å². The van der Waals surface area contributed by atoms with Crippen LogP contribution in [-0.2, 0) is 6.54 Å². The molecule has 3 heterocycles. The molecular formula is C17H28N6. The van der Waals surface area contributed by atoms with Gasteiger partial charge < -0.3 is 15.5 Å². The number of guanidine groups is 1. The Morgan fingerprint density at radius 2 is 1.70 bits per heavy atom. The molecule has 2 fully saturated rings. The van der Waals surface area contributed by atoms with Crippen molar-refractivity contribution < 1.29 is 0 Å². The molecule has 2 N–H and O–H groups in total. The maximum atomic E-state index is 6.19. The third kappa shape index (κ3) is 4.33. The molecule has 0 radical (unpaired) electrons. The Morgan fingerprint density at radius 1 is 1.04 bits per heavy atom. The summed E-state index contributed by atoms with van der Waals surface area (Å²) in [5.74, 6) is 1.51. The van der Waals surface area contributed by atoms with Crippen LogP contribution in [0.4, 0.5) is 5.95 Å². The lowest BCUT2D eigenvalue weighted by Gasteiger charge is -2.21. The largest absolute Gasteiger partial charge is 0.370 e. The van der Waals surface area contributed by atoms with Gasteiger partial charge in [0.05, 0.1) is 12.2 Å². The Kier molecular flexibility index (Phi) is 5.31. The highest BCUT2D eigenvalue weighted by atomic mass is 15.3. The summed E-state index contributed by atoms with van der Waals surface area (Å²) in [6, 6.07) is 2.01. The molecule has 2 aliphatic rings. The molecule has 0 spiro atoms. The third-order valence-electron chi connectivity index (χ3n) is 4.62. The first-order valence-corrected chi connectivity index (χ1v) is 8.87. The van der Waals surface area contributed by atoms with Gasteiger partial charge in [0.1, 0.15) is 0 Å². The summed E-state index contributed by atoms with van der Waals surface area (Å²) < 4.78 is 0. The Bertz CT molecular complexity index is 542. The molecule has 6 nitrogen and oxygen atoms in total. The quantitative estimate of drug-likeness (QED) is 0.683. The van der Waals surface area contributed by atoms with E-state index in [9.17, 15) is 0 Å². The van der Waals surface area contributed by atoms with Gasteiger partial charge in [-0.15, -0.1) is 0 Å². The second-order valence-electron chi connectivity index (χ2n) is 6.57. The van der Waals surface area contributed by atoms with Gasteiger partial charge in [0.2, 0.25) is 5.95 Å². The first kappa shape index (κ1) is 16.0. The van der Waals surface area contributed by atoms with E-state index in [0.29, 0.717) is 12.5 Å². The Labute approximate surface area is 138 Å². The summed E-state index contributed by atoms with van der Waals surface area (Å²) in [5.41, 5.74) is 8.14. The van der Waals surface area contributed by atoms with E-state index in [1.807, 2.05) is 13.0 Å². The summed E-state index contributed by atoms with van der Waals surface area (Å²) in [6.07, 6.45) is 7.48. The molecule has 0 unspecified atom stereocenters. The van der Waals surface area contributed by atoms with Crippen LogP contribution in [0, 0.1) is 6.92 Å². The molecule has 1 aromatic rings. The van der Waals surface area contributed by atoms with Crippen LogP contribution in [0.15, 0.2) is 11.1 Å². The van der Waals surface area contributed by atoms with Crippen molar-refractivity contribution in [3.05, 3.63) is 17.5 Å². The van der Waals surface area contributed by atoms with Crippen molar-refractivity contribution in [1.29, 1.82) is 0 Å². The molecule has 0 saturated carbocycles. The summed E-state index contributed by atoms with van der Waals surface area (Å²) in [4.78, 5) is 18.3. The number of nitrogens with zero attached hydrogens (tertiary/aromatic N) is 5. The molecule has 126 valence electrons. The zero-order chi connectivity index (χ0) is 16.1. The highest BCUT2D eigenvalue weighted by Gasteiger charge is 2.16. The monoisotopic (exact) mass is 316 g/mol. The van der Waals surface area contributed by atoms with Crippen molar-refractivity contribution in [3.63, 3.8) is 0 Å². The second kappa shape index (κ2) is 7.62. The third-order valence-corrected chi connectivity index (χ3v) is 4.62. The minimum Gasteiger partial charge on any atom is -0.370 e. The lowest BCUT2D eigenvalue weighted by Crippen LogP contribution is -2.38. The molecule has 0 atom stereocenters. The molecule has 23 heavy (non-hydrogen) atoms. The van der Waals surface area contributed by atoms with Crippen LogP contribution >= 0.6 is 0 Å². The van der Waals surface area contributed by atoms with E-state index in [2.05, 4.69) is 24.8 Å². The zero-order valence-corrected chi connectivity index (χ0v) is 14.2. The first-order chi connectivity index (χ1) is 11.2. The minimum absolute atomic E-state index is 0.534. The summed E-state index contributed by atoms with van der Waals surface area (Å²) in [7, 11) is 0. The van der Waals surface area contributed by atoms with Gasteiger partial charge in [-0.3, -0.25) is 0 Å². The molecule has 2 saturated heterocycles. The lowest BCUT2D eigenvalue weighted by molar-refractivity contribution is 0.428. The fourth-order valence-electron chi connectivity index (χ4n) is 3.32. The van der Waals surface area contributed by atoms with Gasteiger partial charge in [-0.2, -0.15) is 0 Å². The maximum Gasteiger partial charge on any atom is 0.225 e. The number of hydrogen-bond acceptors (Lipinski definition) is 4. The average Bonchev–Trinajstić information content (AvgIpc) is 2.95. The van der Waals surface area contributed by atoms with Gasteiger partial charge in [-0.1, -0.05) is 12.8 Å². The van der Waals surface area contributed by atoms with Gasteiger partial charge in [-0.05, 0) is 38.7 Å². The van der Waals surface area contributed by atoms with E-state index < -0.39 is 0 Å². The second-order valence-corrected chi connectivity index (χ2v) is 6.57. The minimum atomic E-state index is 0.534. The van der Waals surface area contributed by atoms with Crippen LogP contribution in [-0.4, -0.2) is 47.0 Å². The van der Waals surface area contributed by atoms with Crippen LogP contribution in [0.25, 0.3) is 0 Å². The van der Waals surface area contributed by atoms with E-state index in [1.54, 1.807) is 0 Å². The zero-order valence-electron chi connectivity index (χ0n) is 14.2. The van der Waals surface area contributed by atoms with Crippen LogP contribution in [0.3, 0.4) is 0 Å². The molecule has 3 rings (SSSR count). The smallest absolute Gasteiger partial charge is 0.225 e. The van der Waals surface area contributed by atoms with E-state index in [4.69, 9.17) is 5.73 Å². The van der Waals surface area contributed by atoms with Gasteiger partial charge in [0.25, 0.3) is 0 Å². The van der Waals surface area contributed by atoms with Crippen LogP contribution in [0.5, 0.6) is 0 Å². The molecule has 0 aromatic carbocycles. The summed E-state index contributed by atoms with van der Waals surface area (Å²) in [6.45, 7) is 6.72. The fourth-order valence-corrected chi connectivity index (χ4v) is 3.32. The number of aromatic nitrogens is 2. The van der Waals surface area contributed by atoms with Gasteiger partial charge in [0, 0.05) is 31.9 Å². The summed E-state index contributed by atoms with van der Waals surface area (Å²) >= 11 is 0. The number of rotatable bonds is 3. The topological polar surface area (TPSA) is 70.6 Å². The first-order valence-electron chi connectivity index (χ1n) is 8.87. The Hall–Kier alpha value is -1.85. The highest BCUT2D eigenvalue weighted by molar-refractivity contribution is 5.78. The van der Waals surface area contributed by atoms with Crippen molar-refractivity contribution in [2.24, 2.45) is 10.7 Å². The number of hydrogen-bond donors (Lipinski definition) is 1. The number of nitrogens with two attached hydrogens (primary N) is 1. The van der Waals surface area contributed by atoms with Gasteiger partial charge in [-0.25, -0.2) is 15.0 Å². The molecular weight excluding hydrogens is 288 g/mol. The van der Waals surface area contributed by atoms with Crippen molar-refractivity contribution in [1.82, 2.24) is 14.9 Å². The fraction of sp³-hybridized carbons (Fsp3) is 0.706. The van der Waals surface area contributed by atoms with Crippen molar-refractivity contribution in [3.8, 4) is 0 Å². The number of likely N-dealkylation sites (tertiary alicyclic amines) is 1. The lowest BCUT2D eigenvalue weighted by atomic mass is 10.2. The molecule has 6 heteroatoms. The Balaban J connectivity index is 1.67. The molecule has 2 aliphatic heterocycles. The van der Waals surface area contributed by atoms with Gasteiger partial charge >= 0.3 is 0 Å². The summed E-state index contributed by atoms with van der Waals surface area (Å²) in [5, 5.41) is 0. The van der Waals surface area contributed by atoms with Crippen LogP contribution in [0.1, 0.15) is 49.9 Å². The van der Waals surface area contributed by atoms with Crippen molar-refractivity contribution >= 4 is 11.9 Å². The average molecular weight is 316 g/mol. The Morgan fingerprint density at radius 3 is 2.39 bits per heavy atom. The molecule has 0 amide bonds. The number of aryl methyl sites for hydroxylation is 1. The van der Waals surface area contributed by atoms with Crippen molar-refractivity contribution in [2.75, 3.05) is 31.1 Å². The standard InChI is InChI=1S/C17H28N6/c1-14-12-15(21-17(20-14)23-10-6-7-11-23)13-19-16(18)22-8-4-2-3-5-9-22/h12H,2-11,13H2,1H3,(H2,18,19). The van der Waals surface area contributed by atoms with E-state index >= 15 is 0 Å². The maximum absolute atomic E-state index is 6.19. The number of aliphatic imine (C=N–C) groups is 1. The number of anilines is 1. The SMILES string of the molecule is Cc1cc(CN=C(N)N2CCCCCC2)nc(N2CCCC2)n1. The highest BCUT2D eigenvalue weighted by Crippen LogP contribution is 2.17. The molecule has 0 aliphatic carbocycles. The van der Waals surface area contributed by atoms with Crippen LogP contribution in [0.2, 0.25) is 0 Å².